The standard InChI is InChI=1S/C26H25N3O/c1-17-9-10-18(2)25(13-17)29-19(3)14-24(20(29)4)16-27-28-26(30)23-12-11-21-7-5-6-8-22(21)15-23/h5-16H,1-4H3,(H,28,30)/b27-16+. The number of fused-ring (bicyclic) bond motifs is 1. The minimum atomic E-state index is -0.222. The summed E-state index contributed by atoms with van der Waals surface area (Å²) in [6.45, 7) is 8.37. The normalized spacial score (nSPS) is 11.3. The van der Waals surface area contributed by atoms with Crippen molar-refractivity contribution in [3.8, 4) is 5.69 Å². The lowest BCUT2D eigenvalue weighted by molar-refractivity contribution is 0.0955. The minimum absolute atomic E-state index is 0.222. The zero-order valence-electron chi connectivity index (χ0n) is 17.7. The zero-order valence-corrected chi connectivity index (χ0v) is 17.7. The van der Waals surface area contributed by atoms with E-state index in [1.807, 2.05) is 42.5 Å². The predicted molar refractivity (Wildman–Crippen MR) is 124 cm³/mol. The number of benzene rings is 3. The molecule has 1 amide bonds. The molecule has 1 heterocycles. The Labute approximate surface area is 176 Å². The third-order valence-corrected chi connectivity index (χ3v) is 5.46. The Balaban J connectivity index is 1.55. The number of hydrogen-bond donors (Lipinski definition) is 1. The van der Waals surface area contributed by atoms with Crippen molar-refractivity contribution in [2.75, 3.05) is 0 Å². The molecule has 1 aromatic heterocycles. The van der Waals surface area contributed by atoms with E-state index in [0.29, 0.717) is 5.56 Å². The number of carbonyl (C=O) groups is 1. The lowest BCUT2D eigenvalue weighted by Gasteiger charge is -2.13. The first kappa shape index (κ1) is 19.6. The van der Waals surface area contributed by atoms with Gasteiger partial charge in [-0.05, 0) is 73.9 Å². The Morgan fingerprint density at radius 1 is 0.900 bits per heavy atom. The van der Waals surface area contributed by atoms with Crippen LogP contribution < -0.4 is 5.43 Å². The van der Waals surface area contributed by atoms with Crippen LogP contribution >= 0.6 is 0 Å². The average molecular weight is 396 g/mol. The van der Waals surface area contributed by atoms with Crippen molar-refractivity contribution in [3.05, 3.63) is 100 Å². The number of nitrogens with zero attached hydrogens (tertiary/aromatic N) is 2. The van der Waals surface area contributed by atoms with Gasteiger partial charge in [-0.25, -0.2) is 5.43 Å². The van der Waals surface area contributed by atoms with E-state index in [-0.39, 0.29) is 5.91 Å². The first-order valence-corrected chi connectivity index (χ1v) is 10.0. The van der Waals surface area contributed by atoms with Gasteiger partial charge in [-0.2, -0.15) is 5.10 Å². The number of carbonyl (C=O) groups excluding carboxylic acids is 1. The molecule has 0 radical (unpaired) electrons. The molecule has 0 aliphatic rings. The van der Waals surface area contributed by atoms with E-state index in [0.717, 1.165) is 27.7 Å². The number of aromatic nitrogens is 1. The maximum absolute atomic E-state index is 12.5. The van der Waals surface area contributed by atoms with Gasteiger partial charge in [-0.15, -0.1) is 0 Å². The van der Waals surface area contributed by atoms with E-state index < -0.39 is 0 Å². The average Bonchev–Trinajstić information content (AvgIpc) is 3.02. The van der Waals surface area contributed by atoms with E-state index in [2.05, 4.69) is 67.1 Å². The summed E-state index contributed by atoms with van der Waals surface area (Å²) in [7, 11) is 0. The van der Waals surface area contributed by atoms with Crippen molar-refractivity contribution in [2.45, 2.75) is 27.7 Å². The number of nitrogens with one attached hydrogen (secondary N) is 1. The molecular formula is C26H25N3O. The molecule has 4 heteroatoms. The Morgan fingerprint density at radius 2 is 1.67 bits per heavy atom. The van der Waals surface area contributed by atoms with Crippen LogP contribution in [-0.4, -0.2) is 16.7 Å². The molecule has 150 valence electrons. The minimum Gasteiger partial charge on any atom is -0.318 e. The van der Waals surface area contributed by atoms with E-state index in [1.54, 1.807) is 6.21 Å². The van der Waals surface area contributed by atoms with E-state index in [4.69, 9.17) is 0 Å². The van der Waals surface area contributed by atoms with Gasteiger partial charge >= 0.3 is 0 Å². The smallest absolute Gasteiger partial charge is 0.271 e. The van der Waals surface area contributed by atoms with Gasteiger partial charge in [0.1, 0.15) is 0 Å². The predicted octanol–water partition coefficient (Wildman–Crippen LogP) is 5.63. The van der Waals surface area contributed by atoms with Crippen LogP contribution in [0.2, 0.25) is 0 Å². The van der Waals surface area contributed by atoms with Crippen molar-refractivity contribution in [2.24, 2.45) is 5.10 Å². The monoisotopic (exact) mass is 395 g/mol. The summed E-state index contributed by atoms with van der Waals surface area (Å²) in [5, 5.41) is 6.35. The molecule has 0 unspecified atom stereocenters. The van der Waals surface area contributed by atoms with Crippen LogP contribution in [-0.2, 0) is 0 Å². The van der Waals surface area contributed by atoms with Gasteiger partial charge in [0.25, 0.3) is 5.91 Å². The Kier molecular flexibility index (Phi) is 5.23. The van der Waals surface area contributed by atoms with E-state index >= 15 is 0 Å². The van der Waals surface area contributed by atoms with Crippen LogP contribution in [0.3, 0.4) is 0 Å². The molecule has 30 heavy (non-hydrogen) atoms. The SMILES string of the molecule is Cc1ccc(C)c(-n2c(C)cc(/C=N/NC(=O)c3ccc4ccccc4c3)c2C)c1. The van der Waals surface area contributed by atoms with Gasteiger partial charge in [0, 0.05) is 28.2 Å². The highest BCUT2D eigenvalue weighted by Crippen LogP contribution is 2.23. The van der Waals surface area contributed by atoms with Crippen LogP contribution in [0.4, 0.5) is 0 Å². The maximum Gasteiger partial charge on any atom is 0.271 e. The third kappa shape index (κ3) is 3.77. The van der Waals surface area contributed by atoms with Crippen LogP contribution in [0.5, 0.6) is 0 Å². The summed E-state index contributed by atoms with van der Waals surface area (Å²) in [6.07, 6.45) is 1.71. The van der Waals surface area contributed by atoms with Gasteiger partial charge in [-0.1, -0.05) is 42.5 Å². The van der Waals surface area contributed by atoms with Crippen molar-refractivity contribution < 1.29 is 4.79 Å². The summed E-state index contributed by atoms with van der Waals surface area (Å²) < 4.78 is 2.23. The lowest BCUT2D eigenvalue weighted by Crippen LogP contribution is -2.17. The summed E-state index contributed by atoms with van der Waals surface area (Å²) >= 11 is 0. The van der Waals surface area contributed by atoms with Gasteiger partial charge in [0.2, 0.25) is 0 Å². The molecule has 0 saturated carbocycles. The Bertz CT molecular complexity index is 1280. The maximum atomic E-state index is 12.5. The van der Waals surface area contributed by atoms with Crippen LogP contribution in [0.15, 0.2) is 71.8 Å². The number of aryl methyl sites for hydroxylation is 3. The fraction of sp³-hybridized carbons (Fsp3) is 0.154. The number of hydrogen-bond acceptors (Lipinski definition) is 2. The number of hydrazone groups is 1. The molecule has 0 aliphatic carbocycles. The van der Waals surface area contributed by atoms with Crippen LogP contribution in [0.1, 0.15) is 38.4 Å². The van der Waals surface area contributed by atoms with Crippen molar-refractivity contribution in [3.63, 3.8) is 0 Å². The first-order chi connectivity index (χ1) is 14.4. The lowest BCUT2D eigenvalue weighted by atomic mass is 10.1. The number of rotatable bonds is 4. The summed E-state index contributed by atoms with van der Waals surface area (Å²) in [6, 6.07) is 22.2. The van der Waals surface area contributed by atoms with Gasteiger partial charge in [0.05, 0.1) is 6.21 Å². The molecule has 0 fully saturated rings. The fourth-order valence-corrected chi connectivity index (χ4v) is 3.80. The fourth-order valence-electron chi connectivity index (χ4n) is 3.80. The van der Waals surface area contributed by atoms with Crippen LogP contribution in [0.25, 0.3) is 16.5 Å². The van der Waals surface area contributed by atoms with Gasteiger partial charge in [-0.3, -0.25) is 4.79 Å². The zero-order chi connectivity index (χ0) is 21.3. The third-order valence-electron chi connectivity index (χ3n) is 5.46. The van der Waals surface area contributed by atoms with E-state index in [1.165, 1.54) is 16.8 Å². The highest BCUT2D eigenvalue weighted by molar-refractivity contribution is 5.99. The molecule has 3 aromatic carbocycles. The molecule has 0 aliphatic heterocycles. The largest absolute Gasteiger partial charge is 0.318 e. The summed E-state index contributed by atoms with van der Waals surface area (Å²) in [4.78, 5) is 12.5. The van der Waals surface area contributed by atoms with Crippen molar-refractivity contribution in [1.82, 2.24) is 9.99 Å². The van der Waals surface area contributed by atoms with Gasteiger partial charge in [0.15, 0.2) is 0 Å². The molecule has 0 bridgehead atoms. The second-order valence-corrected chi connectivity index (χ2v) is 7.71. The molecule has 4 nitrogen and oxygen atoms in total. The number of amides is 1. The molecule has 0 atom stereocenters. The molecule has 4 rings (SSSR count). The quantitative estimate of drug-likeness (QED) is 0.353. The summed E-state index contributed by atoms with van der Waals surface area (Å²) in [5.74, 6) is -0.222. The van der Waals surface area contributed by atoms with Gasteiger partial charge < -0.3 is 4.57 Å². The summed E-state index contributed by atoms with van der Waals surface area (Å²) in [5.41, 5.74) is 10.0. The van der Waals surface area contributed by atoms with Crippen molar-refractivity contribution >= 4 is 22.9 Å². The van der Waals surface area contributed by atoms with E-state index in [9.17, 15) is 4.79 Å². The molecule has 0 saturated heterocycles. The molecule has 0 spiro atoms. The second-order valence-electron chi connectivity index (χ2n) is 7.71. The molecule has 4 aromatic rings. The Morgan fingerprint density at radius 3 is 2.47 bits per heavy atom. The highest BCUT2D eigenvalue weighted by atomic mass is 16.2. The molecule has 1 N–H and O–H groups in total. The molecular weight excluding hydrogens is 370 g/mol. The van der Waals surface area contributed by atoms with Crippen LogP contribution in [0, 0.1) is 27.7 Å². The topological polar surface area (TPSA) is 46.4 Å². The van der Waals surface area contributed by atoms with Crippen molar-refractivity contribution in [1.29, 1.82) is 0 Å². The Hall–Kier alpha value is -3.66. The first-order valence-electron chi connectivity index (χ1n) is 10.0. The highest BCUT2D eigenvalue weighted by Gasteiger charge is 2.12. The second kappa shape index (κ2) is 7.99.